The van der Waals surface area contributed by atoms with Gasteiger partial charge in [-0.3, -0.25) is 0 Å². The van der Waals surface area contributed by atoms with Gasteiger partial charge >= 0.3 is 5.97 Å². The molecule has 18 heavy (non-hydrogen) atoms. The Bertz CT molecular complexity index is 597. The maximum Gasteiger partial charge on any atom is 0.331 e. The van der Waals surface area contributed by atoms with Gasteiger partial charge in [0.05, 0.1) is 0 Å². The monoisotopic (exact) mass is 258 g/mol. The minimum absolute atomic E-state index is 0.375. The third-order valence-corrected chi connectivity index (χ3v) is 3.71. The van der Waals surface area contributed by atoms with Crippen LogP contribution in [-0.4, -0.2) is 11.1 Å². The molecule has 2 nitrogen and oxygen atoms in total. The summed E-state index contributed by atoms with van der Waals surface area (Å²) in [5, 5.41) is 12.9. The van der Waals surface area contributed by atoms with Crippen molar-refractivity contribution in [1.82, 2.24) is 0 Å². The van der Waals surface area contributed by atoms with Crippen LogP contribution in [0.15, 0.2) is 53.4 Å². The van der Waals surface area contributed by atoms with E-state index in [-0.39, 0.29) is 0 Å². The molecule has 0 atom stereocenters. The van der Waals surface area contributed by atoms with Gasteiger partial charge in [0.25, 0.3) is 0 Å². The van der Waals surface area contributed by atoms with E-state index in [1.54, 1.807) is 12.3 Å². The van der Waals surface area contributed by atoms with Crippen molar-refractivity contribution in [3.8, 4) is 0 Å². The number of hydrogen-bond acceptors (Lipinski definition) is 2. The number of fused-ring (bicyclic) bond motifs is 1. The van der Waals surface area contributed by atoms with Crippen molar-refractivity contribution in [2.75, 3.05) is 0 Å². The Kier molecular flexibility index (Phi) is 4.05. The number of aliphatic carboxylic acids is 1. The molecule has 0 aliphatic rings. The van der Waals surface area contributed by atoms with E-state index in [9.17, 15) is 4.79 Å². The maximum absolute atomic E-state index is 10.7. The Balaban J connectivity index is 2.18. The summed E-state index contributed by atoms with van der Waals surface area (Å²) >= 11 is 1.51. The van der Waals surface area contributed by atoms with E-state index in [0.29, 0.717) is 5.57 Å². The fourth-order valence-electron chi connectivity index (χ4n) is 1.73. The van der Waals surface area contributed by atoms with Crippen molar-refractivity contribution in [2.45, 2.75) is 12.7 Å². The Morgan fingerprint density at radius 2 is 1.94 bits per heavy atom. The van der Waals surface area contributed by atoms with Gasteiger partial charge in [-0.25, -0.2) is 4.79 Å². The van der Waals surface area contributed by atoms with E-state index < -0.39 is 5.97 Å². The first-order valence-electron chi connectivity index (χ1n) is 5.67. The summed E-state index contributed by atoms with van der Waals surface area (Å²) in [7, 11) is 0. The lowest BCUT2D eigenvalue weighted by Gasteiger charge is -2.04. The van der Waals surface area contributed by atoms with Gasteiger partial charge in [-0.05, 0) is 28.7 Å². The number of rotatable bonds is 4. The van der Waals surface area contributed by atoms with Crippen LogP contribution >= 0.6 is 11.8 Å². The smallest absolute Gasteiger partial charge is 0.331 e. The molecule has 3 heteroatoms. The molecule has 92 valence electrons. The minimum Gasteiger partial charge on any atom is -0.478 e. The summed E-state index contributed by atoms with van der Waals surface area (Å²) in [6, 6.07) is 14.4. The Morgan fingerprint density at radius 1 is 1.22 bits per heavy atom. The van der Waals surface area contributed by atoms with E-state index in [1.165, 1.54) is 28.1 Å². The second kappa shape index (κ2) is 5.74. The summed E-state index contributed by atoms with van der Waals surface area (Å²) in [4.78, 5) is 10.7. The summed E-state index contributed by atoms with van der Waals surface area (Å²) < 4.78 is 0. The first kappa shape index (κ1) is 12.7. The first-order valence-corrected chi connectivity index (χ1v) is 6.71. The Labute approximate surface area is 110 Å². The molecule has 0 amide bonds. The van der Waals surface area contributed by atoms with Gasteiger partial charge in [0.2, 0.25) is 0 Å². The standard InChI is InChI=1S/C15H14O2S/c1-11(15(16)17)9-18-10-13-7-4-6-12-5-2-3-8-14(12)13/h2-9H,10H2,1H3,(H,16,17)/b11-9+. The fourth-order valence-corrected chi connectivity index (χ4v) is 2.59. The molecule has 0 spiro atoms. The van der Waals surface area contributed by atoms with Gasteiger partial charge in [0, 0.05) is 11.3 Å². The molecule has 0 saturated heterocycles. The highest BCUT2D eigenvalue weighted by atomic mass is 32.2. The predicted molar refractivity (Wildman–Crippen MR) is 76.6 cm³/mol. The molecule has 0 unspecified atom stereocenters. The van der Waals surface area contributed by atoms with Gasteiger partial charge in [0.1, 0.15) is 0 Å². The molecule has 0 radical (unpaired) electrons. The Morgan fingerprint density at radius 3 is 2.72 bits per heavy atom. The average Bonchev–Trinajstić information content (AvgIpc) is 2.38. The van der Waals surface area contributed by atoms with Crippen LogP contribution in [-0.2, 0) is 10.5 Å². The predicted octanol–water partition coefficient (Wildman–Crippen LogP) is 4.06. The second-order valence-corrected chi connectivity index (χ2v) is 4.91. The van der Waals surface area contributed by atoms with Crippen molar-refractivity contribution in [1.29, 1.82) is 0 Å². The normalized spacial score (nSPS) is 11.7. The van der Waals surface area contributed by atoms with Crippen LogP contribution in [0.25, 0.3) is 10.8 Å². The van der Waals surface area contributed by atoms with Crippen molar-refractivity contribution in [3.63, 3.8) is 0 Å². The summed E-state index contributed by atoms with van der Waals surface area (Å²) in [5.41, 5.74) is 1.60. The molecule has 0 aliphatic carbocycles. The van der Waals surface area contributed by atoms with Crippen LogP contribution in [0.3, 0.4) is 0 Å². The molecule has 0 saturated carbocycles. The van der Waals surface area contributed by atoms with Gasteiger partial charge < -0.3 is 5.11 Å². The molecule has 1 N–H and O–H groups in total. The number of carboxylic acids is 1. The zero-order valence-electron chi connectivity index (χ0n) is 10.1. The van der Waals surface area contributed by atoms with Crippen LogP contribution in [0.2, 0.25) is 0 Å². The van der Waals surface area contributed by atoms with E-state index in [4.69, 9.17) is 5.11 Å². The van der Waals surface area contributed by atoms with Crippen molar-refractivity contribution in [2.24, 2.45) is 0 Å². The highest BCUT2D eigenvalue weighted by Crippen LogP contribution is 2.23. The topological polar surface area (TPSA) is 37.3 Å². The number of hydrogen-bond donors (Lipinski definition) is 1. The molecule has 0 aliphatic heterocycles. The number of thioether (sulfide) groups is 1. The second-order valence-electron chi connectivity index (χ2n) is 4.06. The average molecular weight is 258 g/mol. The lowest BCUT2D eigenvalue weighted by molar-refractivity contribution is -0.132. The molecule has 2 aromatic carbocycles. The Hall–Kier alpha value is -1.74. The summed E-state index contributed by atoms with van der Waals surface area (Å²) in [6.45, 7) is 1.61. The van der Waals surface area contributed by atoms with Crippen LogP contribution in [0.1, 0.15) is 12.5 Å². The zero-order valence-corrected chi connectivity index (χ0v) is 10.9. The molecule has 2 rings (SSSR count). The zero-order chi connectivity index (χ0) is 13.0. The quantitative estimate of drug-likeness (QED) is 0.840. The lowest BCUT2D eigenvalue weighted by atomic mass is 10.1. The molecule has 0 heterocycles. The van der Waals surface area contributed by atoms with Crippen LogP contribution in [0.4, 0.5) is 0 Å². The van der Waals surface area contributed by atoms with Gasteiger partial charge in [-0.15, -0.1) is 11.8 Å². The van der Waals surface area contributed by atoms with Gasteiger partial charge in [0.15, 0.2) is 0 Å². The number of carboxylic acid groups (broad SMARTS) is 1. The third kappa shape index (κ3) is 2.93. The molecule has 0 aromatic heterocycles. The lowest BCUT2D eigenvalue weighted by Crippen LogP contribution is -1.94. The molecule has 0 bridgehead atoms. The first-order chi connectivity index (χ1) is 8.68. The SMILES string of the molecule is C/C(=C\SCc1cccc2ccccc12)C(=O)O. The highest BCUT2D eigenvalue weighted by Gasteiger charge is 2.01. The highest BCUT2D eigenvalue weighted by molar-refractivity contribution is 8.01. The van der Waals surface area contributed by atoms with E-state index in [1.807, 2.05) is 18.2 Å². The summed E-state index contributed by atoms with van der Waals surface area (Å²) in [5.74, 6) is -0.0770. The van der Waals surface area contributed by atoms with Crippen LogP contribution in [0, 0.1) is 0 Å². The van der Waals surface area contributed by atoms with E-state index >= 15 is 0 Å². The fraction of sp³-hybridized carbons (Fsp3) is 0.133. The van der Waals surface area contributed by atoms with E-state index in [0.717, 1.165) is 5.75 Å². The number of benzene rings is 2. The molecule has 0 fully saturated rings. The van der Waals surface area contributed by atoms with Crippen molar-refractivity contribution in [3.05, 3.63) is 59.0 Å². The maximum atomic E-state index is 10.7. The van der Waals surface area contributed by atoms with Crippen LogP contribution < -0.4 is 0 Å². The van der Waals surface area contributed by atoms with Crippen molar-refractivity contribution < 1.29 is 9.90 Å². The molecule has 2 aromatic rings. The number of carbonyl (C=O) groups is 1. The third-order valence-electron chi connectivity index (χ3n) is 2.72. The summed E-state index contributed by atoms with van der Waals surface area (Å²) in [6.07, 6.45) is 0. The van der Waals surface area contributed by atoms with Gasteiger partial charge in [-0.2, -0.15) is 0 Å². The minimum atomic E-state index is -0.861. The van der Waals surface area contributed by atoms with E-state index in [2.05, 4.69) is 24.3 Å². The van der Waals surface area contributed by atoms with Gasteiger partial charge in [-0.1, -0.05) is 42.5 Å². The molecular weight excluding hydrogens is 244 g/mol. The van der Waals surface area contributed by atoms with Crippen molar-refractivity contribution >= 4 is 28.5 Å². The largest absolute Gasteiger partial charge is 0.478 e. The molecular formula is C15H14O2S. The van der Waals surface area contributed by atoms with Crippen LogP contribution in [0.5, 0.6) is 0 Å².